The molecule has 2 atom stereocenters. The zero-order chi connectivity index (χ0) is 15.1. The third-order valence-corrected chi connectivity index (χ3v) is 4.23. The van der Waals surface area contributed by atoms with Crippen LogP contribution >= 0.6 is 0 Å². The molecular formula is C19H28O2. The van der Waals surface area contributed by atoms with E-state index in [1.165, 1.54) is 44.9 Å². The normalized spacial score (nSPS) is 20.3. The Labute approximate surface area is 129 Å². The van der Waals surface area contributed by atoms with Gasteiger partial charge in [-0.05, 0) is 29.7 Å². The van der Waals surface area contributed by atoms with Crippen molar-refractivity contribution in [2.45, 2.75) is 64.1 Å². The van der Waals surface area contributed by atoms with Crippen molar-refractivity contribution < 1.29 is 9.47 Å². The summed E-state index contributed by atoms with van der Waals surface area (Å²) in [6.45, 7) is 6.45. The lowest BCUT2D eigenvalue weighted by Gasteiger charge is -2.04. The number of ether oxygens (including phenoxy) is 2. The first-order valence-electron chi connectivity index (χ1n) is 8.25. The van der Waals surface area contributed by atoms with Gasteiger partial charge in [0.15, 0.2) is 0 Å². The smallest absolute Gasteiger partial charge is 0.118 e. The number of rotatable bonds is 10. The van der Waals surface area contributed by atoms with Gasteiger partial charge < -0.3 is 9.47 Å². The molecule has 1 aliphatic rings. The summed E-state index contributed by atoms with van der Waals surface area (Å²) in [6.07, 6.45) is 9.84. The van der Waals surface area contributed by atoms with Crippen LogP contribution in [0.15, 0.2) is 30.8 Å². The topological polar surface area (TPSA) is 21.8 Å². The molecule has 0 saturated carbocycles. The van der Waals surface area contributed by atoms with Gasteiger partial charge in [0.05, 0.1) is 13.2 Å². The average Bonchev–Trinajstić information content (AvgIpc) is 3.29. The lowest BCUT2D eigenvalue weighted by molar-refractivity contribution is 0.374. The van der Waals surface area contributed by atoms with E-state index in [2.05, 4.69) is 25.6 Å². The summed E-state index contributed by atoms with van der Waals surface area (Å²) >= 11 is 0. The SMILES string of the molecule is C=C(c1ccc(OC)cc1)[C@@H]1O[C@H]1CCCCCCCC. The Kier molecular flexibility index (Phi) is 6.31. The largest absolute Gasteiger partial charge is 0.497 e. The van der Waals surface area contributed by atoms with Crippen LogP contribution in [0.5, 0.6) is 5.75 Å². The Morgan fingerprint density at radius 3 is 2.43 bits per heavy atom. The molecule has 116 valence electrons. The van der Waals surface area contributed by atoms with Crippen molar-refractivity contribution in [3.8, 4) is 5.75 Å². The van der Waals surface area contributed by atoms with E-state index in [1.807, 2.05) is 12.1 Å². The van der Waals surface area contributed by atoms with Gasteiger partial charge in [-0.3, -0.25) is 0 Å². The number of benzene rings is 1. The van der Waals surface area contributed by atoms with Crippen molar-refractivity contribution in [2.24, 2.45) is 0 Å². The van der Waals surface area contributed by atoms with Crippen molar-refractivity contribution >= 4 is 5.57 Å². The summed E-state index contributed by atoms with van der Waals surface area (Å²) < 4.78 is 11.0. The van der Waals surface area contributed by atoms with Crippen LogP contribution in [0.1, 0.15) is 57.4 Å². The monoisotopic (exact) mass is 288 g/mol. The molecule has 0 N–H and O–H groups in total. The van der Waals surface area contributed by atoms with Crippen LogP contribution in [0.2, 0.25) is 0 Å². The van der Waals surface area contributed by atoms with Gasteiger partial charge in [0.2, 0.25) is 0 Å². The summed E-state index contributed by atoms with van der Waals surface area (Å²) in [6, 6.07) is 8.08. The zero-order valence-corrected chi connectivity index (χ0v) is 13.4. The number of unbranched alkanes of at least 4 members (excludes halogenated alkanes) is 5. The van der Waals surface area contributed by atoms with E-state index in [-0.39, 0.29) is 6.10 Å². The summed E-state index contributed by atoms with van der Waals surface area (Å²) in [4.78, 5) is 0. The van der Waals surface area contributed by atoms with E-state index in [0.717, 1.165) is 16.9 Å². The Morgan fingerprint density at radius 1 is 1.10 bits per heavy atom. The van der Waals surface area contributed by atoms with Crippen molar-refractivity contribution in [2.75, 3.05) is 7.11 Å². The second kappa shape index (κ2) is 8.23. The van der Waals surface area contributed by atoms with Gasteiger partial charge in [-0.2, -0.15) is 0 Å². The maximum atomic E-state index is 5.79. The Morgan fingerprint density at radius 2 is 1.76 bits per heavy atom. The van der Waals surface area contributed by atoms with Gasteiger partial charge in [-0.1, -0.05) is 64.2 Å². The first-order valence-corrected chi connectivity index (χ1v) is 8.25. The van der Waals surface area contributed by atoms with Crippen LogP contribution in [0.25, 0.3) is 5.57 Å². The van der Waals surface area contributed by atoms with Crippen LogP contribution in [0, 0.1) is 0 Å². The number of hydrogen-bond donors (Lipinski definition) is 0. The summed E-state index contributed by atoms with van der Waals surface area (Å²) in [5.74, 6) is 0.881. The van der Waals surface area contributed by atoms with Gasteiger partial charge in [0.25, 0.3) is 0 Å². The number of hydrogen-bond acceptors (Lipinski definition) is 2. The molecule has 2 heteroatoms. The van der Waals surface area contributed by atoms with E-state index in [4.69, 9.17) is 9.47 Å². The third-order valence-electron chi connectivity index (χ3n) is 4.23. The van der Waals surface area contributed by atoms with Crippen molar-refractivity contribution in [3.63, 3.8) is 0 Å². The van der Waals surface area contributed by atoms with E-state index < -0.39 is 0 Å². The Hall–Kier alpha value is -1.28. The fourth-order valence-corrected chi connectivity index (χ4v) is 2.76. The van der Waals surface area contributed by atoms with Gasteiger partial charge >= 0.3 is 0 Å². The molecular weight excluding hydrogens is 260 g/mol. The van der Waals surface area contributed by atoms with E-state index in [9.17, 15) is 0 Å². The summed E-state index contributed by atoms with van der Waals surface area (Å²) in [7, 11) is 1.68. The molecule has 0 bridgehead atoms. The molecule has 2 rings (SSSR count). The highest BCUT2D eigenvalue weighted by Crippen LogP contribution is 2.37. The molecule has 1 aliphatic heterocycles. The first-order chi connectivity index (χ1) is 10.3. The molecule has 0 amide bonds. The molecule has 1 aromatic carbocycles. The minimum atomic E-state index is 0.231. The van der Waals surface area contributed by atoms with E-state index >= 15 is 0 Å². The lowest BCUT2D eigenvalue weighted by atomic mass is 10.00. The predicted octanol–water partition coefficient (Wildman–Crippen LogP) is 5.23. The molecule has 2 nitrogen and oxygen atoms in total. The second-order valence-electron chi connectivity index (χ2n) is 5.91. The van der Waals surface area contributed by atoms with Crippen molar-refractivity contribution in [1.82, 2.24) is 0 Å². The predicted molar refractivity (Wildman–Crippen MR) is 88.7 cm³/mol. The van der Waals surface area contributed by atoms with Crippen molar-refractivity contribution in [3.05, 3.63) is 36.4 Å². The molecule has 1 aromatic rings. The molecule has 21 heavy (non-hydrogen) atoms. The molecule has 0 unspecified atom stereocenters. The molecule has 0 aliphatic carbocycles. The van der Waals surface area contributed by atoms with Crippen LogP contribution < -0.4 is 4.74 Å². The van der Waals surface area contributed by atoms with E-state index in [0.29, 0.717) is 6.10 Å². The van der Waals surface area contributed by atoms with Gasteiger partial charge in [0.1, 0.15) is 11.9 Å². The fourth-order valence-electron chi connectivity index (χ4n) is 2.76. The maximum absolute atomic E-state index is 5.79. The minimum absolute atomic E-state index is 0.231. The highest BCUT2D eigenvalue weighted by atomic mass is 16.6. The maximum Gasteiger partial charge on any atom is 0.118 e. The van der Waals surface area contributed by atoms with Crippen LogP contribution in [-0.2, 0) is 4.74 Å². The standard InChI is InChI=1S/C19H28O2/c1-4-5-6-7-8-9-10-18-19(21-18)15(2)16-11-13-17(20-3)14-12-16/h11-14,18-19H,2,4-10H2,1,3H3/t18-,19-/m0/s1. The molecule has 1 saturated heterocycles. The number of methoxy groups -OCH3 is 1. The van der Waals surface area contributed by atoms with Gasteiger partial charge in [-0.25, -0.2) is 0 Å². The quantitative estimate of drug-likeness (QED) is 0.434. The minimum Gasteiger partial charge on any atom is -0.497 e. The molecule has 0 aromatic heterocycles. The van der Waals surface area contributed by atoms with E-state index in [1.54, 1.807) is 7.11 Å². The number of epoxide rings is 1. The van der Waals surface area contributed by atoms with Crippen LogP contribution in [0.3, 0.4) is 0 Å². The summed E-state index contributed by atoms with van der Waals surface area (Å²) in [5.41, 5.74) is 2.26. The molecule has 0 spiro atoms. The molecule has 0 radical (unpaired) electrons. The van der Waals surface area contributed by atoms with Gasteiger partial charge in [0, 0.05) is 0 Å². The van der Waals surface area contributed by atoms with Crippen LogP contribution in [-0.4, -0.2) is 19.3 Å². The Balaban J connectivity index is 1.66. The zero-order valence-electron chi connectivity index (χ0n) is 13.4. The van der Waals surface area contributed by atoms with Crippen LogP contribution in [0.4, 0.5) is 0 Å². The first kappa shape index (κ1) is 16.1. The van der Waals surface area contributed by atoms with Gasteiger partial charge in [-0.15, -0.1) is 0 Å². The fraction of sp³-hybridized carbons (Fsp3) is 0.579. The highest BCUT2D eigenvalue weighted by molar-refractivity contribution is 5.69. The summed E-state index contributed by atoms with van der Waals surface area (Å²) in [5, 5.41) is 0. The third kappa shape index (κ3) is 4.89. The molecule has 1 fully saturated rings. The Bertz CT molecular complexity index is 435. The highest BCUT2D eigenvalue weighted by Gasteiger charge is 2.40. The lowest BCUT2D eigenvalue weighted by Crippen LogP contribution is -1.97. The second-order valence-corrected chi connectivity index (χ2v) is 5.91. The van der Waals surface area contributed by atoms with Crippen molar-refractivity contribution in [1.29, 1.82) is 0 Å². The average molecular weight is 288 g/mol. The molecule has 1 heterocycles.